The van der Waals surface area contributed by atoms with Gasteiger partial charge in [-0.15, -0.1) is 0 Å². The largest absolute Gasteiger partial charge is 0.340 e. The third kappa shape index (κ3) is 3.16. The van der Waals surface area contributed by atoms with Crippen LogP contribution >= 0.6 is 0 Å². The third-order valence-electron chi connectivity index (χ3n) is 2.69. The zero-order chi connectivity index (χ0) is 13.0. The molecule has 6 nitrogen and oxygen atoms in total. The van der Waals surface area contributed by atoms with Crippen molar-refractivity contribution in [2.24, 2.45) is 0 Å². The summed E-state index contributed by atoms with van der Waals surface area (Å²) in [7, 11) is 0. The van der Waals surface area contributed by atoms with E-state index in [0.29, 0.717) is 5.89 Å². The first-order valence-corrected chi connectivity index (χ1v) is 6.22. The van der Waals surface area contributed by atoms with Crippen LogP contribution in [-0.2, 0) is 19.5 Å². The minimum atomic E-state index is 0.615. The van der Waals surface area contributed by atoms with Crippen molar-refractivity contribution in [2.75, 3.05) is 6.54 Å². The molecule has 2 heterocycles. The van der Waals surface area contributed by atoms with Crippen molar-refractivity contribution in [3.63, 3.8) is 0 Å². The van der Waals surface area contributed by atoms with Gasteiger partial charge in [-0.25, -0.2) is 0 Å². The van der Waals surface area contributed by atoms with Gasteiger partial charge >= 0.3 is 0 Å². The second kappa shape index (κ2) is 5.77. The van der Waals surface area contributed by atoms with Gasteiger partial charge in [-0.3, -0.25) is 4.68 Å². The van der Waals surface area contributed by atoms with E-state index in [0.717, 1.165) is 37.6 Å². The molecule has 98 valence electrons. The lowest BCUT2D eigenvalue weighted by Gasteiger charge is -2.05. The first-order chi connectivity index (χ1) is 8.69. The quantitative estimate of drug-likeness (QED) is 0.780. The topological polar surface area (TPSA) is 68.8 Å². The highest BCUT2D eigenvalue weighted by Crippen LogP contribution is 2.03. The summed E-state index contributed by atoms with van der Waals surface area (Å²) in [6.45, 7) is 8.44. The molecular weight excluding hydrogens is 230 g/mol. The number of nitrogens with one attached hydrogen (secondary N) is 1. The van der Waals surface area contributed by atoms with E-state index in [1.807, 2.05) is 11.6 Å². The molecule has 0 unspecified atom stereocenters. The summed E-state index contributed by atoms with van der Waals surface area (Å²) >= 11 is 0. The number of nitrogens with zero attached hydrogens (tertiary/aromatic N) is 4. The Morgan fingerprint density at radius 1 is 1.39 bits per heavy atom. The molecule has 0 bridgehead atoms. The molecule has 2 aromatic heterocycles. The molecule has 6 heteroatoms. The standard InChI is InChI=1S/C12H19N5O/c1-4-17-11(7-9(2)15-17)8-13-6-5-12-14-10(3)18-16-12/h7,13H,4-6,8H2,1-3H3. The first-order valence-electron chi connectivity index (χ1n) is 6.22. The van der Waals surface area contributed by atoms with Gasteiger partial charge in [-0.1, -0.05) is 5.16 Å². The van der Waals surface area contributed by atoms with E-state index >= 15 is 0 Å². The number of aromatic nitrogens is 4. The van der Waals surface area contributed by atoms with Gasteiger partial charge in [0.15, 0.2) is 5.82 Å². The molecule has 0 atom stereocenters. The molecule has 2 rings (SSSR count). The third-order valence-corrected chi connectivity index (χ3v) is 2.69. The van der Waals surface area contributed by atoms with E-state index < -0.39 is 0 Å². The summed E-state index contributed by atoms with van der Waals surface area (Å²) in [6.07, 6.45) is 0.774. The summed E-state index contributed by atoms with van der Waals surface area (Å²) in [5.74, 6) is 1.37. The monoisotopic (exact) mass is 249 g/mol. The van der Waals surface area contributed by atoms with Gasteiger partial charge in [0.2, 0.25) is 5.89 Å². The van der Waals surface area contributed by atoms with Crippen molar-refractivity contribution >= 4 is 0 Å². The molecule has 0 aliphatic rings. The fourth-order valence-corrected chi connectivity index (χ4v) is 1.87. The molecule has 0 fully saturated rings. The summed E-state index contributed by atoms with van der Waals surface area (Å²) in [6, 6.07) is 2.11. The number of rotatable bonds is 6. The van der Waals surface area contributed by atoms with Crippen LogP contribution in [0, 0.1) is 13.8 Å². The van der Waals surface area contributed by atoms with E-state index in [-0.39, 0.29) is 0 Å². The molecule has 0 saturated heterocycles. The van der Waals surface area contributed by atoms with Gasteiger partial charge < -0.3 is 9.84 Å². The normalized spacial score (nSPS) is 11.1. The summed E-state index contributed by atoms with van der Waals surface area (Å²) in [4.78, 5) is 4.16. The lowest BCUT2D eigenvalue weighted by Crippen LogP contribution is -2.19. The maximum Gasteiger partial charge on any atom is 0.223 e. The highest BCUT2D eigenvalue weighted by Gasteiger charge is 2.04. The van der Waals surface area contributed by atoms with E-state index in [2.05, 4.69) is 33.5 Å². The predicted octanol–water partition coefficient (Wildman–Crippen LogP) is 1.24. The van der Waals surface area contributed by atoms with Crippen LogP contribution in [0.3, 0.4) is 0 Å². The van der Waals surface area contributed by atoms with Gasteiger partial charge in [0.1, 0.15) is 0 Å². The minimum absolute atomic E-state index is 0.615. The second-order valence-corrected chi connectivity index (χ2v) is 4.25. The Labute approximate surface area is 106 Å². The maximum atomic E-state index is 4.92. The second-order valence-electron chi connectivity index (χ2n) is 4.25. The predicted molar refractivity (Wildman–Crippen MR) is 67.1 cm³/mol. The first kappa shape index (κ1) is 12.8. The molecule has 0 spiro atoms. The summed E-state index contributed by atoms with van der Waals surface area (Å²) in [5, 5.41) is 11.6. The van der Waals surface area contributed by atoms with Gasteiger partial charge in [-0.05, 0) is 19.9 Å². The smallest absolute Gasteiger partial charge is 0.223 e. The zero-order valence-corrected chi connectivity index (χ0v) is 11.1. The van der Waals surface area contributed by atoms with Crippen molar-refractivity contribution < 1.29 is 4.52 Å². The van der Waals surface area contributed by atoms with Crippen LogP contribution in [0.2, 0.25) is 0 Å². The maximum absolute atomic E-state index is 4.92. The molecule has 0 aromatic carbocycles. The fraction of sp³-hybridized carbons (Fsp3) is 0.583. The Morgan fingerprint density at radius 3 is 2.89 bits per heavy atom. The van der Waals surface area contributed by atoms with E-state index in [9.17, 15) is 0 Å². The fourth-order valence-electron chi connectivity index (χ4n) is 1.87. The van der Waals surface area contributed by atoms with Gasteiger partial charge in [-0.2, -0.15) is 10.1 Å². The summed E-state index contributed by atoms with van der Waals surface area (Å²) in [5.41, 5.74) is 2.27. The van der Waals surface area contributed by atoms with Crippen molar-refractivity contribution in [1.82, 2.24) is 25.2 Å². The van der Waals surface area contributed by atoms with E-state index in [1.54, 1.807) is 6.92 Å². The van der Waals surface area contributed by atoms with E-state index in [1.165, 1.54) is 5.69 Å². The molecule has 0 radical (unpaired) electrons. The van der Waals surface area contributed by atoms with Gasteiger partial charge in [0.05, 0.1) is 11.4 Å². The molecule has 1 N–H and O–H groups in total. The lowest BCUT2D eigenvalue weighted by atomic mass is 10.3. The average Bonchev–Trinajstić information content (AvgIpc) is 2.91. The molecule has 0 amide bonds. The van der Waals surface area contributed by atoms with Gasteiger partial charge in [0, 0.05) is 33.0 Å². The lowest BCUT2D eigenvalue weighted by molar-refractivity contribution is 0.387. The van der Waals surface area contributed by atoms with Crippen LogP contribution < -0.4 is 5.32 Å². The van der Waals surface area contributed by atoms with Crippen LogP contribution in [0.15, 0.2) is 10.6 Å². The SMILES string of the molecule is CCn1nc(C)cc1CNCCc1noc(C)n1. The van der Waals surface area contributed by atoms with Crippen LogP contribution in [0.25, 0.3) is 0 Å². The Kier molecular flexibility index (Phi) is 4.09. The van der Waals surface area contributed by atoms with Crippen LogP contribution in [0.4, 0.5) is 0 Å². The van der Waals surface area contributed by atoms with Crippen molar-refractivity contribution in [2.45, 2.75) is 40.3 Å². The average molecular weight is 249 g/mol. The van der Waals surface area contributed by atoms with Crippen LogP contribution in [-0.4, -0.2) is 26.5 Å². The molecule has 0 aliphatic heterocycles. The minimum Gasteiger partial charge on any atom is -0.340 e. The van der Waals surface area contributed by atoms with Crippen molar-refractivity contribution in [3.8, 4) is 0 Å². The number of hydrogen-bond donors (Lipinski definition) is 1. The molecule has 2 aromatic rings. The molecule has 18 heavy (non-hydrogen) atoms. The number of hydrogen-bond acceptors (Lipinski definition) is 5. The highest BCUT2D eigenvalue weighted by atomic mass is 16.5. The van der Waals surface area contributed by atoms with E-state index in [4.69, 9.17) is 4.52 Å². The Morgan fingerprint density at radius 2 is 2.22 bits per heavy atom. The van der Waals surface area contributed by atoms with Crippen LogP contribution in [0.5, 0.6) is 0 Å². The van der Waals surface area contributed by atoms with Crippen LogP contribution in [0.1, 0.15) is 30.0 Å². The zero-order valence-electron chi connectivity index (χ0n) is 11.1. The molecular formula is C12H19N5O. The van der Waals surface area contributed by atoms with Crippen molar-refractivity contribution in [3.05, 3.63) is 29.2 Å². The molecule has 0 aliphatic carbocycles. The Balaban J connectivity index is 1.78. The highest BCUT2D eigenvalue weighted by molar-refractivity contribution is 5.08. The van der Waals surface area contributed by atoms with Gasteiger partial charge in [0.25, 0.3) is 0 Å². The van der Waals surface area contributed by atoms with Crippen molar-refractivity contribution in [1.29, 1.82) is 0 Å². The molecule has 0 saturated carbocycles. The Bertz CT molecular complexity index is 502. The Hall–Kier alpha value is -1.69. The summed E-state index contributed by atoms with van der Waals surface area (Å²) < 4.78 is 6.93. The number of aryl methyl sites for hydroxylation is 3.